The van der Waals surface area contributed by atoms with Crippen LogP contribution in [0.2, 0.25) is 5.02 Å². The molecule has 2 aliphatic rings. The zero-order chi connectivity index (χ0) is 19.3. The summed E-state index contributed by atoms with van der Waals surface area (Å²) >= 11 is 5.97. The van der Waals surface area contributed by atoms with Gasteiger partial charge in [0.1, 0.15) is 0 Å². The molecule has 2 heterocycles. The van der Waals surface area contributed by atoms with Crippen molar-refractivity contribution in [2.24, 2.45) is 5.92 Å². The number of halogens is 1. The second-order valence-corrected chi connectivity index (χ2v) is 7.58. The molecule has 2 saturated heterocycles. The van der Waals surface area contributed by atoms with Crippen LogP contribution in [0.5, 0.6) is 0 Å². The highest BCUT2D eigenvalue weighted by atomic mass is 35.5. The average molecular weight is 401 g/mol. The molecule has 0 radical (unpaired) electrons. The van der Waals surface area contributed by atoms with Gasteiger partial charge in [0.15, 0.2) is 0 Å². The molecule has 2 unspecified atom stereocenters. The summed E-state index contributed by atoms with van der Waals surface area (Å²) in [4.78, 5) is 15.1. The fraction of sp³-hybridized carbons (Fsp3) is 0.381. The second-order valence-electron chi connectivity index (χ2n) is 7.14. The van der Waals surface area contributed by atoms with E-state index >= 15 is 0 Å². The molecule has 3 N–H and O–H groups in total. The molecule has 7 heteroatoms. The number of carbonyl (C=O) groups excluding carboxylic acids is 1. The molecule has 148 valence electrons. The monoisotopic (exact) mass is 400 g/mol. The van der Waals surface area contributed by atoms with Gasteiger partial charge in [-0.15, -0.1) is 0 Å². The summed E-state index contributed by atoms with van der Waals surface area (Å²) in [6, 6.07) is 15.9. The third-order valence-electron chi connectivity index (χ3n) is 5.33. The first-order valence-corrected chi connectivity index (χ1v) is 10.0. The quantitative estimate of drug-likeness (QED) is 0.718. The number of benzene rings is 2. The number of hydrogen-bond acceptors (Lipinski definition) is 5. The molecule has 2 aromatic carbocycles. The van der Waals surface area contributed by atoms with Crippen LogP contribution in [0.15, 0.2) is 48.5 Å². The van der Waals surface area contributed by atoms with Crippen LogP contribution in [0.25, 0.3) is 0 Å². The predicted octanol–water partition coefficient (Wildman–Crippen LogP) is 2.26. The van der Waals surface area contributed by atoms with E-state index < -0.39 is 0 Å². The molecule has 6 nitrogen and oxygen atoms in total. The van der Waals surface area contributed by atoms with E-state index in [9.17, 15) is 4.79 Å². The molecule has 28 heavy (non-hydrogen) atoms. The summed E-state index contributed by atoms with van der Waals surface area (Å²) < 4.78 is 5.40. The van der Waals surface area contributed by atoms with Crippen LogP contribution in [-0.4, -0.2) is 38.8 Å². The number of rotatable bonds is 5. The number of morpholine rings is 1. The van der Waals surface area contributed by atoms with Gasteiger partial charge in [0.05, 0.1) is 25.2 Å². The summed E-state index contributed by atoms with van der Waals surface area (Å²) in [7, 11) is 0. The SMILES string of the molecule is O=C(NCc1ccc(N2CCOCC2)cc1)C1CNNC1c1ccc(Cl)cc1. The van der Waals surface area contributed by atoms with Gasteiger partial charge in [-0.25, -0.2) is 5.43 Å². The number of amides is 1. The molecular weight excluding hydrogens is 376 g/mol. The van der Waals surface area contributed by atoms with Gasteiger partial charge >= 0.3 is 0 Å². The highest BCUT2D eigenvalue weighted by Gasteiger charge is 2.33. The highest BCUT2D eigenvalue weighted by Crippen LogP contribution is 2.26. The summed E-state index contributed by atoms with van der Waals surface area (Å²) in [5.41, 5.74) is 9.63. The van der Waals surface area contributed by atoms with E-state index in [1.807, 2.05) is 24.3 Å². The number of nitrogens with one attached hydrogen (secondary N) is 3. The smallest absolute Gasteiger partial charge is 0.226 e. The topological polar surface area (TPSA) is 65.6 Å². The van der Waals surface area contributed by atoms with E-state index in [4.69, 9.17) is 16.3 Å². The van der Waals surface area contributed by atoms with Gasteiger partial charge < -0.3 is 15.0 Å². The maximum absolute atomic E-state index is 12.7. The average Bonchev–Trinajstić information content (AvgIpc) is 3.23. The van der Waals surface area contributed by atoms with Crippen LogP contribution in [0.3, 0.4) is 0 Å². The van der Waals surface area contributed by atoms with Crippen molar-refractivity contribution in [3.8, 4) is 0 Å². The van der Waals surface area contributed by atoms with E-state index in [1.54, 1.807) is 0 Å². The second kappa shape index (κ2) is 8.92. The lowest BCUT2D eigenvalue weighted by atomic mass is 9.94. The van der Waals surface area contributed by atoms with Crippen molar-refractivity contribution in [1.29, 1.82) is 0 Å². The lowest BCUT2D eigenvalue weighted by Gasteiger charge is -2.29. The molecule has 0 aromatic heterocycles. The molecule has 4 rings (SSSR count). The largest absolute Gasteiger partial charge is 0.378 e. The molecule has 0 bridgehead atoms. The standard InChI is InChI=1S/C21H25ClN4O2/c22-17-5-3-16(4-6-17)20-19(14-24-25-20)21(27)23-13-15-1-7-18(8-2-15)26-9-11-28-12-10-26/h1-8,19-20,24-25H,9-14H2,(H,23,27). The predicted molar refractivity (Wildman–Crippen MR) is 110 cm³/mol. The minimum Gasteiger partial charge on any atom is -0.378 e. The van der Waals surface area contributed by atoms with Crippen LogP contribution >= 0.6 is 11.6 Å². The Kier molecular flexibility index (Phi) is 6.12. The zero-order valence-electron chi connectivity index (χ0n) is 15.7. The number of ether oxygens (including phenoxy) is 1. The third-order valence-corrected chi connectivity index (χ3v) is 5.58. The molecule has 2 fully saturated rings. The number of carbonyl (C=O) groups is 1. The van der Waals surface area contributed by atoms with Crippen molar-refractivity contribution >= 4 is 23.2 Å². The van der Waals surface area contributed by atoms with E-state index in [0.717, 1.165) is 37.4 Å². The third kappa shape index (κ3) is 4.47. The van der Waals surface area contributed by atoms with Crippen molar-refractivity contribution in [2.45, 2.75) is 12.6 Å². The number of anilines is 1. The van der Waals surface area contributed by atoms with Crippen molar-refractivity contribution in [2.75, 3.05) is 37.7 Å². The molecule has 1 amide bonds. The minimum absolute atomic E-state index is 0.0368. The molecule has 0 saturated carbocycles. The van der Waals surface area contributed by atoms with Gasteiger partial charge in [-0.1, -0.05) is 35.9 Å². The molecule has 2 aliphatic heterocycles. The normalized spacial score (nSPS) is 22.2. The molecule has 0 aliphatic carbocycles. The van der Waals surface area contributed by atoms with Gasteiger partial charge in [-0.3, -0.25) is 10.2 Å². The summed E-state index contributed by atoms with van der Waals surface area (Å²) in [6.07, 6.45) is 0. The summed E-state index contributed by atoms with van der Waals surface area (Å²) in [5.74, 6) is -0.136. The lowest BCUT2D eigenvalue weighted by molar-refractivity contribution is -0.125. The van der Waals surface area contributed by atoms with E-state index in [0.29, 0.717) is 18.1 Å². The minimum atomic E-state index is -0.172. The van der Waals surface area contributed by atoms with Crippen molar-refractivity contribution < 1.29 is 9.53 Å². The fourth-order valence-electron chi connectivity index (χ4n) is 3.69. The van der Waals surface area contributed by atoms with Crippen LogP contribution in [0, 0.1) is 5.92 Å². The van der Waals surface area contributed by atoms with Crippen molar-refractivity contribution in [1.82, 2.24) is 16.2 Å². The fourth-order valence-corrected chi connectivity index (χ4v) is 3.82. The van der Waals surface area contributed by atoms with Crippen LogP contribution in [-0.2, 0) is 16.1 Å². The molecular formula is C21H25ClN4O2. The van der Waals surface area contributed by atoms with Gasteiger partial charge in [0.2, 0.25) is 5.91 Å². The maximum atomic E-state index is 12.7. The number of nitrogens with zero attached hydrogens (tertiary/aromatic N) is 1. The van der Waals surface area contributed by atoms with E-state index in [2.05, 4.69) is 45.3 Å². The van der Waals surface area contributed by atoms with Gasteiger partial charge in [-0.2, -0.15) is 0 Å². The zero-order valence-corrected chi connectivity index (χ0v) is 16.4. The Labute approximate surface area is 170 Å². The Bertz CT molecular complexity index is 791. The van der Waals surface area contributed by atoms with Crippen LogP contribution < -0.4 is 21.1 Å². The van der Waals surface area contributed by atoms with Gasteiger partial charge in [0, 0.05) is 36.9 Å². The highest BCUT2D eigenvalue weighted by molar-refractivity contribution is 6.30. The van der Waals surface area contributed by atoms with Crippen LogP contribution in [0.1, 0.15) is 17.2 Å². The number of hydrogen-bond donors (Lipinski definition) is 3. The Balaban J connectivity index is 1.33. The maximum Gasteiger partial charge on any atom is 0.226 e. The summed E-state index contributed by atoms with van der Waals surface area (Å²) in [6.45, 7) is 4.50. The Morgan fingerprint density at radius 1 is 1.11 bits per heavy atom. The Morgan fingerprint density at radius 2 is 1.82 bits per heavy atom. The molecule has 2 aromatic rings. The van der Waals surface area contributed by atoms with Crippen molar-refractivity contribution in [3.63, 3.8) is 0 Å². The number of hydrazine groups is 1. The van der Waals surface area contributed by atoms with Crippen LogP contribution in [0.4, 0.5) is 5.69 Å². The summed E-state index contributed by atoms with van der Waals surface area (Å²) in [5, 5.41) is 3.76. The van der Waals surface area contributed by atoms with Gasteiger partial charge in [-0.05, 0) is 35.4 Å². The molecule has 2 atom stereocenters. The van der Waals surface area contributed by atoms with Gasteiger partial charge in [0.25, 0.3) is 0 Å². The Hall–Kier alpha value is -2.12. The lowest BCUT2D eigenvalue weighted by Crippen LogP contribution is -2.36. The van der Waals surface area contributed by atoms with E-state index in [1.165, 1.54) is 5.69 Å². The first kappa shape index (κ1) is 19.2. The molecule has 0 spiro atoms. The first-order valence-electron chi connectivity index (χ1n) is 9.64. The first-order chi connectivity index (χ1) is 13.7. The van der Waals surface area contributed by atoms with E-state index in [-0.39, 0.29) is 17.9 Å². The van der Waals surface area contributed by atoms with Crippen molar-refractivity contribution in [3.05, 3.63) is 64.7 Å². The Morgan fingerprint density at radius 3 is 2.54 bits per heavy atom.